The zero-order chi connectivity index (χ0) is 17.3. The Kier molecular flexibility index (Phi) is 4.57. The number of nitrogens with one attached hydrogen (secondary N) is 1. The quantitative estimate of drug-likeness (QED) is 0.721. The van der Waals surface area contributed by atoms with Crippen molar-refractivity contribution in [1.29, 1.82) is 0 Å². The van der Waals surface area contributed by atoms with Gasteiger partial charge in [0.05, 0.1) is 0 Å². The summed E-state index contributed by atoms with van der Waals surface area (Å²) in [6.07, 6.45) is 1.35. The molecule has 0 spiro atoms. The highest BCUT2D eigenvalue weighted by molar-refractivity contribution is 6.65. The third-order valence-corrected chi connectivity index (χ3v) is 3.97. The van der Waals surface area contributed by atoms with Crippen LogP contribution in [0.25, 0.3) is 16.3 Å². The van der Waals surface area contributed by atoms with Gasteiger partial charge in [-0.3, -0.25) is 9.36 Å². The second-order valence-corrected chi connectivity index (χ2v) is 5.90. The summed E-state index contributed by atoms with van der Waals surface area (Å²) >= 11 is 17.4. The second kappa shape index (κ2) is 6.64. The number of halogens is 3. The summed E-state index contributed by atoms with van der Waals surface area (Å²) in [7, 11) is 0. The fourth-order valence-electron chi connectivity index (χ4n) is 2.01. The zero-order valence-electron chi connectivity index (χ0n) is 11.9. The Labute approximate surface area is 151 Å². The molecule has 3 aromatic rings. The summed E-state index contributed by atoms with van der Waals surface area (Å²) in [5.41, 5.74) is 6.72. The van der Waals surface area contributed by atoms with Gasteiger partial charge in [0.15, 0.2) is 17.0 Å². The van der Waals surface area contributed by atoms with Gasteiger partial charge in [0, 0.05) is 5.56 Å². The normalized spacial score (nSPS) is 10.6. The molecule has 0 bridgehead atoms. The number of aromatic nitrogens is 4. The van der Waals surface area contributed by atoms with E-state index in [1.807, 2.05) is 6.07 Å². The molecule has 0 saturated carbocycles. The Balaban J connectivity index is 2.06. The first-order valence-electron chi connectivity index (χ1n) is 6.55. The number of benzene rings is 1. The molecule has 3 N–H and O–H groups in total. The van der Waals surface area contributed by atoms with Crippen LogP contribution in [0.1, 0.15) is 10.4 Å². The van der Waals surface area contributed by atoms with E-state index in [1.165, 1.54) is 10.9 Å². The highest BCUT2D eigenvalue weighted by Crippen LogP contribution is 2.28. The van der Waals surface area contributed by atoms with Gasteiger partial charge in [0.25, 0.3) is 5.91 Å². The van der Waals surface area contributed by atoms with Crippen LogP contribution in [-0.2, 0) is 0 Å². The summed E-state index contributed by atoms with van der Waals surface area (Å²) in [5.74, 6) is -0.274. The van der Waals surface area contributed by atoms with E-state index in [2.05, 4.69) is 20.3 Å². The fraction of sp³-hybridized carbons (Fsp3) is 0. The average molecular weight is 384 g/mol. The number of nitrogens with two attached hydrogens (primary N) is 1. The molecule has 0 radical (unpaired) electrons. The smallest absolute Gasteiger partial charge is 0.256 e. The minimum absolute atomic E-state index is 0.000677. The van der Waals surface area contributed by atoms with Crippen molar-refractivity contribution in [3.05, 3.63) is 46.7 Å². The number of hydrogen-bond donors (Lipinski definition) is 2. The summed E-state index contributed by atoms with van der Waals surface area (Å²) < 4.78 is 1.17. The molecule has 0 unspecified atom stereocenters. The third kappa shape index (κ3) is 3.14. The van der Waals surface area contributed by atoms with E-state index in [0.717, 1.165) is 0 Å². The van der Waals surface area contributed by atoms with E-state index in [0.29, 0.717) is 11.1 Å². The number of hydrogen-bond acceptors (Lipinski definition) is 5. The van der Waals surface area contributed by atoms with Gasteiger partial charge in [-0.25, -0.2) is 4.98 Å². The number of carbonyl (C=O) groups is 1. The van der Waals surface area contributed by atoms with Crippen molar-refractivity contribution in [3.63, 3.8) is 0 Å². The van der Waals surface area contributed by atoms with Crippen molar-refractivity contribution >= 4 is 68.8 Å². The van der Waals surface area contributed by atoms with Crippen LogP contribution in [-0.4, -0.2) is 25.4 Å². The van der Waals surface area contributed by atoms with Crippen molar-refractivity contribution in [2.75, 3.05) is 11.1 Å². The number of imidazole rings is 1. The minimum Gasteiger partial charge on any atom is -0.368 e. The Morgan fingerprint density at radius 1 is 1.12 bits per heavy atom. The number of anilines is 2. The predicted molar refractivity (Wildman–Crippen MR) is 94.9 cm³/mol. The first-order chi connectivity index (χ1) is 11.5. The molecular weight excluding hydrogens is 375 g/mol. The Bertz CT molecular complexity index is 950. The number of fused-ring (bicyclic) bond motifs is 1. The van der Waals surface area contributed by atoms with Gasteiger partial charge in [-0.15, -0.1) is 0 Å². The molecule has 24 heavy (non-hydrogen) atoms. The van der Waals surface area contributed by atoms with Crippen LogP contribution in [0.5, 0.6) is 0 Å². The molecule has 1 aromatic carbocycles. The van der Waals surface area contributed by atoms with E-state index < -0.39 is 0 Å². The Morgan fingerprint density at radius 2 is 1.83 bits per heavy atom. The summed E-state index contributed by atoms with van der Waals surface area (Å²) in [4.78, 5) is 24.5. The second-order valence-electron chi connectivity index (χ2n) is 4.59. The Morgan fingerprint density at radius 3 is 2.50 bits per heavy atom. The van der Waals surface area contributed by atoms with Crippen LogP contribution in [0.2, 0.25) is 0 Å². The molecule has 0 aliphatic rings. The average Bonchev–Trinajstić information content (AvgIpc) is 2.98. The lowest BCUT2D eigenvalue weighted by molar-refractivity contribution is 0.102. The van der Waals surface area contributed by atoms with E-state index in [9.17, 15) is 4.79 Å². The van der Waals surface area contributed by atoms with Crippen LogP contribution in [0.4, 0.5) is 11.8 Å². The van der Waals surface area contributed by atoms with Gasteiger partial charge in [-0.2, -0.15) is 9.97 Å². The number of rotatable bonds is 3. The number of nitrogens with zero attached hydrogens (tertiary/aromatic N) is 4. The van der Waals surface area contributed by atoms with E-state index in [4.69, 9.17) is 40.5 Å². The number of amides is 1. The maximum Gasteiger partial charge on any atom is 0.256 e. The maximum atomic E-state index is 12.3. The van der Waals surface area contributed by atoms with Crippen LogP contribution < -0.4 is 11.1 Å². The SMILES string of the molecule is Nc1nc(NC(=O)c2ccccc2)c2ncn(C(Cl)=C(Cl)Cl)c2n1. The molecule has 1 amide bonds. The molecule has 2 aromatic heterocycles. The van der Waals surface area contributed by atoms with Crippen molar-refractivity contribution < 1.29 is 4.79 Å². The van der Waals surface area contributed by atoms with Crippen molar-refractivity contribution in [2.45, 2.75) is 0 Å². The van der Waals surface area contributed by atoms with E-state index >= 15 is 0 Å². The molecule has 10 heteroatoms. The summed E-state index contributed by atoms with van der Waals surface area (Å²) in [5, 5.41) is 2.65. The topological polar surface area (TPSA) is 98.7 Å². The molecule has 0 aliphatic heterocycles. The third-order valence-electron chi connectivity index (χ3n) is 3.05. The molecular formula is C14H9Cl3N6O. The van der Waals surface area contributed by atoms with Gasteiger partial charge in [-0.1, -0.05) is 53.0 Å². The largest absolute Gasteiger partial charge is 0.368 e. The van der Waals surface area contributed by atoms with Gasteiger partial charge in [-0.05, 0) is 12.1 Å². The van der Waals surface area contributed by atoms with Crippen molar-refractivity contribution in [1.82, 2.24) is 19.5 Å². The predicted octanol–water partition coefficient (Wildman–Crippen LogP) is 3.46. The monoisotopic (exact) mass is 382 g/mol. The molecule has 0 aliphatic carbocycles. The van der Waals surface area contributed by atoms with Crippen LogP contribution >= 0.6 is 34.8 Å². The van der Waals surface area contributed by atoms with Crippen LogP contribution in [0.15, 0.2) is 41.2 Å². The highest BCUT2D eigenvalue weighted by Gasteiger charge is 2.17. The molecule has 2 heterocycles. The molecule has 0 saturated heterocycles. The molecule has 0 fully saturated rings. The van der Waals surface area contributed by atoms with Crippen molar-refractivity contribution in [2.24, 2.45) is 0 Å². The summed E-state index contributed by atoms with van der Waals surface area (Å²) in [6.45, 7) is 0. The van der Waals surface area contributed by atoms with Crippen molar-refractivity contribution in [3.8, 4) is 0 Å². The van der Waals surface area contributed by atoms with Crippen LogP contribution in [0.3, 0.4) is 0 Å². The first-order valence-corrected chi connectivity index (χ1v) is 7.69. The zero-order valence-corrected chi connectivity index (χ0v) is 14.1. The first kappa shape index (κ1) is 16.5. The van der Waals surface area contributed by atoms with Crippen LogP contribution in [0, 0.1) is 0 Å². The number of nitrogen functional groups attached to an aromatic ring is 1. The fourth-order valence-corrected chi connectivity index (χ4v) is 2.31. The lowest BCUT2D eigenvalue weighted by Crippen LogP contribution is -2.14. The molecule has 0 atom stereocenters. The van der Waals surface area contributed by atoms with Gasteiger partial charge >= 0.3 is 0 Å². The molecule has 122 valence electrons. The number of carbonyl (C=O) groups excluding carboxylic acids is 1. The maximum absolute atomic E-state index is 12.3. The lowest BCUT2D eigenvalue weighted by Gasteiger charge is -2.07. The van der Waals surface area contributed by atoms with Gasteiger partial charge in [0.2, 0.25) is 5.95 Å². The summed E-state index contributed by atoms with van der Waals surface area (Å²) in [6, 6.07) is 8.65. The Hall–Kier alpha value is -2.35. The molecule has 7 nitrogen and oxygen atoms in total. The minimum atomic E-state index is -0.360. The standard InChI is InChI=1S/C14H9Cl3N6O/c15-9(16)10(17)23-6-19-8-11(21-14(18)22-12(8)23)20-13(24)7-4-2-1-3-5-7/h1-6H,(H3,18,20,21,22,24). The van der Waals surface area contributed by atoms with E-state index in [-0.39, 0.29) is 33.0 Å². The van der Waals surface area contributed by atoms with Gasteiger partial charge < -0.3 is 11.1 Å². The van der Waals surface area contributed by atoms with Gasteiger partial charge in [0.1, 0.15) is 16.0 Å². The molecule has 3 rings (SSSR count). The highest BCUT2D eigenvalue weighted by atomic mass is 35.5. The van der Waals surface area contributed by atoms with E-state index in [1.54, 1.807) is 24.3 Å². The lowest BCUT2D eigenvalue weighted by atomic mass is 10.2.